The molecule has 0 saturated carbocycles. The van der Waals surface area contributed by atoms with E-state index >= 15 is 13.2 Å². The van der Waals surface area contributed by atoms with Crippen molar-refractivity contribution in [2.75, 3.05) is 0 Å². The minimum Gasteiger partial charge on any atom is -0.309 e. The SMILES string of the molecule is Cc1cccc2c3cccc(C)c3n(-c3ccc(C(C)(c4ccc(-c5nc(-c6ccccc6)nc(-c6ccccc6)n5)cc4)C(F)(F)F)cc3)c12. The van der Waals surface area contributed by atoms with Gasteiger partial charge in [-0.1, -0.05) is 133 Å². The highest BCUT2D eigenvalue weighted by atomic mass is 19.4. The summed E-state index contributed by atoms with van der Waals surface area (Å²) in [6.45, 7) is 5.37. The summed E-state index contributed by atoms with van der Waals surface area (Å²) in [6.07, 6.45) is -4.58. The third kappa shape index (κ3) is 5.46. The molecule has 0 aliphatic carbocycles. The molecule has 2 aromatic heterocycles. The van der Waals surface area contributed by atoms with Crippen molar-refractivity contribution in [3.05, 3.63) is 168 Å². The van der Waals surface area contributed by atoms with Crippen molar-refractivity contribution >= 4 is 21.8 Å². The zero-order valence-corrected chi connectivity index (χ0v) is 28.3. The first-order valence-corrected chi connectivity index (χ1v) is 16.8. The number of nitrogens with zero attached hydrogens (tertiary/aromatic N) is 4. The van der Waals surface area contributed by atoms with Crippen LogP contribution in [0.3, 0.4) is 0 Å². The third-order valence-corrected chi connectivity index (χ3v) is 9.90. The van der Waals surface area contributed by atoms with Gasteiger partial charge in [-0.05, 0) is 55.2 Å². The second-order valence-electron chi connectivity index (χ2n) is 13.1. The van der Waals surface area contributed by atoms with Crippen LogP contribution in [0.4, 0.5) is 13.2 Å². The molecule has 250 valence electrons. The fourth-order valence-corrected chi connectivity index (χ4v) is 7.04. The highest BCUT2D eigenvalue weighted by molar-refractivity contribution is 6.11. The molecule has 0 spiro atoms. The number of para-hydroxylation sites is 2. The van der Waals surface area contributed by atoms with Crippen LogP contribution in [0, 0.1) is 13.8 Å². The minimum absolute atomic E-state index is 0.121. The number of benzene rings is 6. The first kappa shape index (κ1) is 32.1. The summed E-state index contributed by atoms with van der Waals surface area (Å²) in [5, 5.41) is 2.23. The van der Waals surface area contributed by atoms with Crippen LogP contribution in [0.15, 0.2) is 146 Å². The molecule has 0 N–H and O–H groups in total. The number of hydrogen-bond donors (Lipinski definition) is 0. The van der Waals surface area contributed by atoms with Gasteiger partial charge in [0.2, 0.25) is 0 Å². The molecule has 7 heteroatoms. The number of alkyl halides is 3. The standard InChI is InChI=1S/C44H33F3N4/c1-28-12-10-18-36-37-19-11-13-29(2)39(37)51(38(28)36)35-26-24-34(25-27-35)43(3,44(45,46)47)33-22-20-32(21-23-33)42-49-40(30-14-6-4-7-15-30)48-41(50-42)31-16-8-5-9-17-31/h4-27H,1-3H3. The van der Waals surface area contributed by atoms with Crippen molar-refractivity contribution in [3.63, 3.8) is 0 Å². The topological polar surface area (TPSA) is 43.6 Å². The predicted molar refractivity (Wildman–Crippen MR) is 199 cm³/mol. The maximum absolute atomic E-state index is 15.2. The molecule has 6 aromatic carbocycles. The number of aryl methyl sites for hydroxylation is 2. The number of halogens is 3. The van der Waals surface area contributed by atoms with Crippen LogP contribution >= 0.6 is 0 Å². The number of aromatic nitrogens is 4. The van der Waals surface area contributed by atoms with Gasteiger partial charge in [0.05, 0.1) is 11.0 Å². The summed E-state index contributed by atoms with van der Waals surface area (Å²) in [6, 6.07) is 44.7. The summed E-state index contributed by atoms with van der Waals surface area (Å²) in [7, 11) is 0. The van der Waals surface area contributed by atoms with Gasteiger partial charge in [0.25, 0.3) is 0 Å². The van der Waals surface area contributed by atoms with Crippen LogP contribution in [0.2, 0.25) is 0 Å². The lowest BCUT2D eigenvalue weighted by atomic mass is 9.75. The van der Waals surface area contributed by atoms with Crippen LogP contribution in [0.25, 0.3) is 61.7 Å². The summed E-state index contributed by atoms with van der Waals surface area (Å²) in [4.78, 5) is 14.2. The van der Waals surface area contributed by atoms with Crippen LogP contribution in [0.1, 0.15) is 29.2 Å². The van der Waals surface area contributed by atoms with E-state index in [1.807, 2.05) is 72.8 Å². The smallest absolute Gasteiger partial charge is 0.309 e. The predicted octanol–water partition coefficient (Wildman–Crippen LogP) is 11.5. The van der Waals surface area contributed by atoms with Crippen LogP contribution in [-0.2, 0) is 5.41 Å². The van der Waals surface area contributed by atoms with E-state index in [9.17, 15) is 0 Å². The fraction of sp³-hybridized carbons (Fsp3) is 0.114. The average molecular weight is 675 g/mol. The highest BCUT2D eigenvalue weighted by Crippen LogP contribution is 2.47. The molecule has 8 aromatic rings. The minimum atomic E-state index is -4.58. The Kier molecular flexibility index (Phi) is 7.79. The van der Waals surface area contributed by atoms with Crippen LogP contribution < -0.4 is 0 Å². The number of fused-ring (bicyclic) bond motifs is 3. The summed E-state index contributed by atoms with van der Waals surface area (Å²) in [5.74, 6) is 1.35. The zero-order chi connectivity index (χ0) is 35.3. The molecule has 0 saturated heterocycles. The van der Waals surface area contributed by atoms with E-state index in [-0.39, 0.29) is 11.1 Å². The van der Waals surface area contributed by atoms with E-state index in [1.54, 1.807) is 36.4 Å². The van der Waals surface area contributed by atoms with Gasteiger partial charge in [0, 0.05) is 33.2 Å². The lowest BCUT2D eigenvalue weighted by Crippen LogP contribution is -2.40. The van der Waals surface area contributed by atoms with Crippen LogP contribution in [0.5, 0.6) is 0 Å². The molecule has 0 bridgehead atoms. The molecule has 51 heavy (non-hydrogen) atoms. The van der Waals surface area contributed by atoms with Gasteiger partial charge in [0.15, 0.2) is 17.5 Å². The van der Waals surface area contributed by atoms with Crippen molar-refractivity contribution in [2.45, 2.75) is 32.4 Å². The van der Waals surface area contributed by atoms with E-state index in [0.717, 1.165) is 49.7 Å². The summed E-state index contributed by atoms with van der Waals surface area (Å²) in [5.41, 5.74) is 5.31. The maximum Gasteiger partial charge on any atom is 0.402 e. The largest absolute Gasteiger partial charge is 0.402 e. The second-order valence-corrected chi connectivity index (χ2v) is 13.1. The Bertz CT molecular complexity index is 2410. The molecule has 1 unspecified atom stereocenters. The van der Waals surface area contributed by atoms with Gasteiger partial charge < -0.3 is 4.57 Å². The Morgan fingerprint density at radius 2 is 0.843 bits per heavy atom. The Labute approximate surface area is 293 Å². The first-order chi connectivity index (χ1) is 24.6. The molecule has 0 aliphatic heterocycles. The van der Waals surface area contributed by atoms with Crippen molar-refractivity contribution in [1.82, 2.24) is 19.5 Å². The first-order valence-electron chi connectivity index (χ1n) is 16.8. The Hall–Kier alpha value is -6.08. The molecule has 0 amide bonds. The Balaban J connectivity index is 1.20. The highest BCUT2D eigenvalue weighted by Gasteiger charge is 2.53. The molecule has 2 heterocycles. The van der Waals surface area contributed by atoms with Crippen molar-refractivity contribution in [3.8, 4) is 39.9 Å². The van der Waals surface area contributed by atoms with Crippen molar-refractivity contribution < 1.29 is 13.2 Å². The molecule has 1 atom stereocenters. The van der Waals surface area contributed by atoms with Gasteiger partial charge in [-0.2, -0.15) is 13.2 Å². The number of hydrogen-bond acceptors (Lipinski definition) is 3. The normalized spacial score (nSPS) is 13.1. The van der Waals surface area contributed by atoms with Gasteiger partial charge in [-0.15, -0.1) is 0 Å². The lowest BCUT2D eigenvalue weighted by Gasteiger charge is -2.33. The van der Waals surface area contributed by atoms with Gasteiger partial charge >= 0.3 is 6.18 Å². The number of rotatable bonds is 6. The van der Waals surface area contributed by atoms with E-state index < -0.39 is 11.6 Å². The van der Waals surface area contributed by atoms with Gasteiger partial charge in [-0.3, -0.25) is 0 Å². The molecule has 0 radical (unpaired) electrons. The van der Waals surface area contributed by atoms with Crippen molar-refractivity contribution in [1.29, 1.82) is 0 Å². The van der Waals surface area contributed by atoms with E-state index in [1.165, 1.54) is 19.1 Å². The Morgan fingerprint density at radius 3 is 1.25 bits per heavy atom. The molecule has 4 nitrogen and oxygen atoms in total. The zero-order valence-electron chi connectivity index (χ0n) is 28.3. The quantitative estimate of drug-likeness (QED) is 0.176. The van der Waals surface area contributed by atoms with E-state index in [2.05, 4.69) is 42.7 Å². The maximum atomic E-state index is 15.2. The Morgan fingerprint density at radius 1 is 0.451 bits per heavy atom. The molecule has 8 rings (SSSR count). The fourth-order valence-electron chi connectivity index (χ4n) is 7.04. The van der Waals surface area contributed by atoms with E-state index in [0.29, 0.717) is 23.0 Å². The molecular weight excluding hydrogens is 642 g/mol. The second kappa shape index (κ2) is 12.4. The van der Waals surface area contributed by atoms with Crippen molar-refractivity contribution in [2.24, 2.45) is 0 Å². The molecule has 0 aliphatic rings. The summed E-state index contributed by atoms with van der Waals surface area (Å²) >= 11 is 0. The summed E-state index contributed by atoms with van der Waals surface area (Å²) < 4.78 is 47.9. The van der Waals surface area contributed by atoms with Gasteiger partial charge in [0.1, 0.15) is 5.41 Å². The molecule has 0 fully saturated rings. The molecular formula is C44H33F3N4. The van der Waals surface area contributed by atoms with Gasteiger partial charge in [-0.25, -0.2) is 15.0 Å². The van der Waals surface area contributed by atoms with Crippen LogP contribution in [-0.4, -0.2) is 25.7 Å². The lowest BCUT2D eigenvalue weighted by molar-refractivity contribution is -0.173. The monoisotopic (exact) mass is 674 g/mol. The van der Waals surface area contributed by atoms with E-state index in [4.69, 9.17) is 15.0 Å². The average Bonchev–Trinajstić information content (AvgIpc) is 3.51. The third-order valence-electron chi connectivity index (χ3n) is 9.90.